The van der Waals surface area contributed by atoms with Crippen LogP contribution in [0.2, 0.25) is 0 Å². The molecule has 1 aromatic heterocycles. The molecule has 0 radical (unpaired) electrons. The first-order chi connectivity index (χ1) is 8.02. The summed E-state index contributed by atoms with van der Waals surface area (Å²) in [7, 11) is -2.85. The Morgan fingerprint density at radius 3 is 2.59 bits per heavy atom. The van der Waals surface area contributed by atoms with Crippen molar-refractivity contribution in [3.8, 4) is 0 Å². The van der Waals surface area contributed by atoms with Crippen molar-refractivity contribution in [2.24, 2.45) is 5.73 Å². The van der Waals surface area contributed by atoms with Gasteiger partial charge in [0.1, 0.15) is 5.82 Å². The number of hydrogen-bond acceptors (Lipinski definition) is 5. The van der Waals surface area contributed by atoms with Crippen molar-refractivity contribution in [3.05, 3.63) is 23.4 Å². The molecule has 2 heterocycles. The quantitative estimate of drug-likeness (QED) is 0.810. The Bertz CT molecular complexity index is 499. The van der Waals surface area contributed by atoms with Gasteiger partial charge in [-0.25, -0.2) is 13.4 Å². The van der Waals surface area contributed by atoms with Crippen molar-refractivity contribution in [2.45, 2.75) is 13.5 Å². The molecule has 1 aromatic rings. The van der Waals surface area contributed by atoms with Crippen LogP contribution in [-0.2, 0) is 16.4 Å². The van der Waals surface area contributed by atoms with Crippen LogP contribution < -0.4 is 10.6 Å². The van der Waals surface area contributed by atoms with Crippen LogP contribution in [0.15, 0.2) is 12.1 Å². The minimum absolute atomic E-state index is 0.201. The molecule has 1 aliphatic rings. The summed E-state index contributed by atoms with van der Waals surface area (Å²) in [6.07, 6.45) is 0. The molecule has 0 atom stereocenters. The summed E-state index contributed by atoms with van der Waals surface area (Å²) < 4.78 is 22.8. The molecule has 94 valence electrons. The lowest BCUT2D eigenvalue weighted by atomic mass is 10.2. The average Bonchev–Trinajstić information content (AvgIpc) is 2.29. The highest BCUT2D eigenvalue weighted by atomic mass is 32.2. The molecule has 1 fully saturated rings. The molecule has 0 spiro atoms. The van der Waals surface area contributed by atoms with E-state index in [9.17, 15) is 8.42 Å². The molecule has 2 N–H and O–H groups in total. The van der Waals surface area contributed by atoms with Crippen molar-refractivity contribution < 1.29 is 8.42 Å². The number of pyridine rings is 1. The van der Waals surface area contributed by atoms with E-state index < -0.39 is 9.84 Å². The van der Waals surface area contributed by atoms with Crippen molar-refractivity contribution in [1.29, 1.82) is 0 Å². The minimum Gasteiger partial charge on any atom is -0.354 e. The van der Waals surface area contributed by atoms with Crippen LogP contribution in [0.25, 0.3) is 0 Å². The van der Waals surface area contributed by atoms with Gasteiger partial charge in [-0.3, -0.25) is 0 Å². The SMILES string of the molecule is Cc1ccc(CN)c(N2CCS(=O)(=O)CC2)n1. The first kappa shape index (κ1) is 12.3. The van der Waals surface area contributed by atoms with Gasteiger partial charge in [0.05, 0.1) is 11.5 Å². The van der Waals surface area contributed by atoms with Crippen LogP contribution in [0.5, 0.6) is 0 Å². The standard InChI is InChI=1S/C11H17N3O2S/c1-9-2-3-10(8-12)11(13-9)14-4-6-17(15,16)7-5-14/h2-3H,4-8,12H2,1H3. The van der Waals surface area contributed by atoms with Gasteiger partial charge in [-0.05, 0) is 13.0 Å². The number of rotatable bonds is 2. The molecule has 1 aliphatic heterocycles. The van der Waals surface area contributed by atoms with E-state index in [1.54, 1.807) is 0 Å². The zero-order valence-corrected chi connectivity index (χ0v) is 10.7. The Morgan fingerprint density at radius 1 is 1.35 bits per heavy atom. The lowest BCUT2D eigenvalue weighted by molar-refractivity contribution is 0.586. The van der Waals surface area contributed by atoms with Crippen molar-refractivity contribution in [1.82, 2.24) is 4.98 Å². The summed E-state index contributed by atoms with van der Waals surface area (Å²) >= 11 is 0. The lowest BCUT2D eigenvalue weighted by Crippen LogP contribution is -2.41. The Kier molecular flexibility index (Phi) is 3.35. The largest absolute Gasteiger partial charge is 0.354 e. The molecular weight excluding hydrogens is 238 g/mol. The smallest absolute Gasteiger partial charge is 0.153 e. The monoisotopic (exact) mass is 255 g/mol. The lowest BCUT2D eigenvalue weighted by Gasteiger charge is -2.29. The molecule has 0 aliphatic carbocycles. The van der Waals surface area contributed by atoms with Crippen LogP contribution in [0.3, 0.4) is 0 Å². The molecule has 0 saturated carbocycles. The molecular formula is C11H17N3O2S. The fourth-order valence-electron chi connectivity index (χ4n) is 1.93. The Morgan fingerprint density at radius 2 is 2.00 bits per heavy atom. The second-order valence-electron chi connectivity index (χ2n) is 4.28. The van der Waals surface area contributed by atoms with Gasteiger partial charge in [-0.2, -0.15) is 0 Å². The molecule has 2 rings (SSSR count). The minimum atomic E-state index is -2.85. The second kappa shape index (κ2) is 4.62. The van der Waals surface area contributed by atoms with Gasteiger partial charge in [0.15, 0.2) is 9.84 Å². The molecule has 0 unspecified atom stereocenters. The maximum atomic E-state index is 11.4. The Labute approximate surface area is 102 Å². The number of nitrogens with zero attached hydrogens (tertiary/aromatic N) is 2. The van der Waals surface area contributed by atoms with Crippen molar-refractivity contribution in [3.63, 3.8) is 0 Å². The zero-order valence-electron chi connectivity index (χ0n) is 9.89. The van der Waals surface area contributed by atoms with Gasteiger partial charge in [-0.1, -0.05) is 6.07 Å². The van der Waals surface area contributed by atoms with E-state index in [0.717, 1.165) is 17.1 Å². The first-order valence-corrected chi connectivity index (χ1v) is 7.46. The maximum Gasteiger partial charge on any atom is 0.153 e. The van der Waals surface area contributed by atoms with E-state index in [2.05, 4.69) is 4.98 Å². The summed E-state index contributed by atoms with van der Waals surface area (Å²) in [5, 5.41) is 0. The van der Waals surface area contributed by atoms with Gasteiger partial charge in [0.2, 0.25) is 0 Å². The fourth-order valence-corrected chi connectivity index (χ4v) is 3.13. The topological polar surface area (TPSA) is 76.3 Å². The van der Waals surface area contributed by atoms with Gasteiger partial charge in [-0.15, -0.1) is 0 Å². The van der Waals surface area contributed by atoms with Gasteiger partial charge >= 0.3 is 0 Å². The molecule has 5 nitrogen and oxygen atoms in total. The normalized spacial score (nSPS) is 19.3. The molecule has 0 aromatic carbocycles. The van der Waals surface area contributed by atoms with Gasteiger partial charge in [0.25, 0.3) is 0 Å². The predicted molar refractivity (Wildman–Crippen MR) is 67.7 cm³/mol. The molecule has 0 amide bonds. The molecule has 1 saturated heterocycles. The third-order valence-corrected chi connectivity index (χ3v) is 4.57. The van der Waals surface area contributed by atoms with Crippen LogP contribution in [0.1, 0.15) is 11.3 Å². The Balaban J connectivity index is 2.26. The number of aromatic nitrogens is 1. The van der Waals surface area contributed by atoms with Crippen molar-refractivity contribution in [2.75, 3.05) is 29.5 Å². The highest BCUT2D eigenvalue weighted by Crippen LogP contribution is 2.20. The number of hydrogen-bond donors (Lipinski definition) is 1. The van der Waals surface area contributed by atoms with Gasteiger partial charge in [0, 0.05) is 30.9 Å². The maximum absolute atomic E-state index is 11.4. The van der Waals surface area contributed by atoms with Crippen molar-refractivity contribution >= 4 is 15.7 Å². The Hall–Kier alpha value is -1.14. The average molecular weight is 255 g/mol. The third-order valence-electron chi connectivity index (χ3n) is 2.96. The van der Waals surface area contributed by atoms with E-state index in [-0.39, 0.29) is 11.5 Å². The number of aryl methyl sites for hydroxylation is 1. The molecule has 0 bridgehead atoms. The number of anilines is 1. The van der Waals surface area contributed by atoms with Gasteiger partial charge < -0.3 is 10.6 Å². The highest BCUT2D eigenvalue weighted by Gasteiger charge is 2.23. The highest BCUT2D eigenvalue weighted by molar-refractivity contribution is 7.91. The van der Waals surface area contributed by atoms with E-state index >= 15 is 0 Å². The van der Waals surface area contributed by atoms with Crippen LogP contribution in [0.4, 0.5) is 5.82 Å². The van der Waals surface area contributed by atoms with E-state index in [4.69, 9.17) is 5.73 Å². The van der Waals surface area contributed by atoms with E-state index in [0.29, 0.717) is 19.6 Å². The number of nitrogens with two attached hydrogens (primary N) is 1. The zero-order chi connectivity index (χ0) is 12.5. The second-order valence-corrected chi connectivity index (χ2v) is 6.58. The summed E-state index contributed by atoms with van der Waals surface area (Å²) in [5.74, 6) is 1.24. The predicted octanol–water partition coefficient (Wildman–Crippen LogP) is 0.0835. The first-order valence-electron chi connectivity index (χ1n) is 5.64. The summed E-state index contributed by atoms with van der Waals surface area (Å²) in [4.78, 5) is 6.48. The summed E-state index contributed by atoms with van der Waals surface area (Å²) in [6, 6.07) is 3.88. The third kappa shape index (κ3) is 2.76. The molecule has 6 heteroatoms. The van der Waals surface area contributed by atoms with E-state index in [1.165, 1.54) is 0 Å². The van der Waals surface area contributed by atoms with E-state index in [1.807, 2.05) is 24.0 Å². The van der Waals surface area contributed by atoms with Crippen LogP contribution in [-0.4, -0.2) is 38.0 Å². The van der Waals surface area contributed by atoms with Crippen LogP contribution in [0, 0.1) is 6.92 Å². The summed E-state index contributed by atoms with van der Waals surface area (Å²) in [6.45, 7) is 3.36. The fraction of sp³-hybridized carbons (Fsp3) is 0.545. The summed E-state index contributed by atoms with van der Waals surface area (Å²) in [5.41, 5.74) is 7.57. The molecule has 17 heavy (non-hydrogen) atoms. The van der Waals surface area contributed by atoms with Crippen LogP contribution >= 0.6 is 0 Å². The number of sulfone groups is 1.